The highest BCUT2D eigenvalue weighted by molar-refractivity contribution is 9.10. The number of halogens is 1. The van der Waals surface area contributed by atoms with Crippen LogP contribution in [0.4, 0.5) is 0 Å². The molecule has 112 valence electrons. The van der Waals surface area contributed by atoms with Gasteiger partial charge in [0, 0.05) is 21.2 Å². The highest BCUT2D eigenvalue weighted by Crippen LogP contribution is 2.28. The average molecular weight is 366 g/mol. The molecule has 0 bridgehead atoms. The summed E-state index contributed by atoms with van der Waals surface area (Å²) in [5, 5.41) is 3.38. The molecule has 0 aliphatic rings. The monoisotopic (exact) mass is 365 g/mol. The standard InChI is InChI=1S/C17H20BrNOS/c1-3-20-15-8-4-6-13(10-15)17(19-2)12-21-16-9-5-7-14(18)11-16/h4-11,17,19H,3,12H2,1-2H3. The van der Waals surface area contributed by atoms with Crippen LogP contribution in [0.1, 0.15) is 18.5 Å². The van der Waals surface area contributed by atoms with Gasteiger partial charge in [-0.2, -0.15) is 0 Å². The van der Waals surface area contributed by atoms with Gasteiger partial charge in [-0.1, -0.05) is 34.1 Å². The second kappa shape index (κ2) is 8.47. The van der Waals surface area contributed by atoms with Crippen molar-refractivity contribution >= 4 is 27.7 Å². The lowest BCUT2D eigenvalue weighted by atomic mass is 10.1. The van der Waals surface area contributed by atoms with Crippen LogP contribution in [-0.4, -0.2) is 19.4 Å². The molecule has 0 saturated carbocycles. The molecule has 1 atom stereocenters. The molecule has 21 heavy (non-hydrogen) atoms. The largest absolute Gasteiger partial charge is 0.494 e. The first kappa shape index (κ1) is 16.4. The van der Waals surface area contributed by atoms with Crippen molar-refractivity contribution in [2.24, 2.45) is 0 Å². The zero-order valence-electron chi connectivity index (χ0n) is 12.3. The summed E-state index contributed by atoms with van der Waals surface area (Å²) >= 11 is 5.36. The molecule has 2 rings (SSSR count). The fourth-order valence-electron chi connectivity index (χ4n) is 2.07. The van der Waals surface area contributed by atoms with Crippen molar-refractivity contribution in [3.05, 3.63) is 58.6 Å². The molecule has 0 aromatic heterocycles. The van der Waals surface area contributed by atoms with E-state index in [4.69, 9.17) is 4.74 Å². The quantitative estimate of drug-likeness (QED) is 0.705. The molecule has 2 aromatic rings. The van der Waals surface area contributed by atoms with E-state index in [1.807, 2.05) is 37.9 Å². The van der Waals surface area contributed by atoms with Gasteiger partial charge in [-0.05, 0) is 49.9 Å². The summed E-state index contributed by atoms with van der Waals surface area (Å²) in [5.41, 5.74) is 1.26. The fraction of sp³-hybridized carbons (Fsp3) is 0.294. The van der Waals surface area contributed by atoms with E-state index >= 15 is 0 Å². The molecule has 0 radical (unpaired) electrons. The first-order valence-corrected chi connectivity index (χ1v) is 8.79. The van der Waals surface area contributed by atoms with Crippen molar-refractivity contribution < 1.29 is 4.74 Å². The molecule has 0 aliphatic heterocycles. The van der Waals surface area contributed by atoms with Crippen molar-refractivity contribution in [3.8, 4) is 5.75 Å². The first-order valence-electron chi connectivity index (χ1n) is 7.01. The molecule has 0 aliphatic carbocycles. The molecule has 1 unspecified atom stereocenters. The molecule has 2 aromatic carbocycles. The van der Waals surface area contributed by atoms with Gasteiger partial charge >= 0.3 is 0 Å². The molecule has 4 heteroatoms. The summed E-state index contributed by atoms with van der Waals surface area (Å²) < 4.78 is 6.70. The van der Waals surface area contributed by atoms with Gasteiger partial charge in [-0.3, -0.25) is 0 Å². The predicted octanol–water partition coefficient (Wildman–Crippen LogP) is 4.90. The van der Waals surface area contributed by atoms with Gasteiger partial charge in [-0.25, -0.2) is 0 Å². The summed E-state index contributed by atoms with van der Waals surface area (Å²) in [7, 11) is 2.00. The smallest absolute Gasteiger partial charge is 0.119 e. The summed E-state index contributed by atoms with van der Waals surface area (Å²) in [6.07, 6.45) is 0. The first-order chi connectivity index (χ1) is 10.2. The Hall–Kier alpha value is -0.970. The fourth-order valence-corrected chi connectivity index (χ4v) is 3.72. The molecule has 0 spiro atoms. The second-order valence-corrected chi connectivity index (χ2v) is 6.62. The Morgan fingerprint density at radius 2 is 2.00 bits per heavy atom. The third-order valence-corrected chi connectivity index (χ3v) is 4.71. The Labute approximate surface area is 139 Å². The van der Waals surface area contributed by atoms with E-state index in [1.54, 1.807) is 0 Å². The lowest BCUT2D eigenvalue weighted by Gasteiger charge is -2.17. The minimum atomic E-state index is 0.300. The van der Waals surface area contributed by atoms with E-state index in [2.05, 4.69) is 57.6 Å². The summed E-state index contributed by atoms with van der Waals surface area (Å²) in [4.78, 5) is 1.27. The SMILES string of the molecule is CCOc1cccc(C(CSc2cccc(Br)c2)NC)c1. The zero-order chi connectivity index (χ0) is 15.1. The number of hydrogen-bond acceptors (Lipinski definition) is 3. The van der Waals surface area contributed by atoms with Crippen molar-refractivity contribution in [2.45, 2.75) is 17.9 Å². The van der Waals surface area contributed by atoms with E-state index in [-0.39, 0.29) is 0 Å². The molecule has 0 amide bonds. The topological polar surface area (TPSA) is 21.3 Å². The number of ether oxygens (including phenoxy) is 1. The molecule has 0 heterocycles. The van der Waals surface area contributed by atoms with Crippen molar-refractivity contribution in [3.63, 3.8) is 0 Å². The number of benzene rings is 2. The third kappa shape index (κ3) is 5.06. The van der Waals surface area contributed by atoms with E-state index in [9.17, 15) is 0 Å². The van der Waals surface area contributed by atoms with Gasteiger partial charge in [0.05, 0.1) is 6.61 Å². The number of nitrogens with one attached hydrogen (secondary N) is 1. The molecule has 0 saturated heterocycles. The minimum absolute atomic E-state index is 0.300. The lowest BCUT2D eigenvalue weighted by Crippen LogP contribution is -2.18. The molecular weight excluding hydrogens is 346 g/mol. The van der Waals surface area contributed by atoms with Crippen LogP contribution >= 0.6 is 27.7 Å². The third-order valence-electron chi connectivity index (χ3n) is 3.13. The van der Waals surface area contributed by atoms with Gasteiger partial charge in [-0.15, -0.1) is 11.8 Å². The van der Waals surface area contributed by atoms with Crippen molar-refractivity contribution in [1.82, 2.24) is 5.32 Å². The Bertz CT molecular complexity index is 576. The summed E-state index contributed by atoms with van der Waals surface area (Å²) in [6, 6.07) is 17.0. The van der Waals surface area contributed by atoms with Gasteiger partial charge in [0.1, 0.15) is 5.75 Å². The van der Waals surface area contributed by atoms with E-state index in [0.29, 0.717) is 12.6 Å². The molecule has 2 nitrogen and oxygen atoms in total. The minimum Gasteiger partial charge on any atom is -0.494 e. The van der Waals surface area contributed by atoms with Crippen LogP contribution in [0.3, 0.4) is 0 Å². The van der Waals surface area contributed by atoms with Crippen LogP contribution in [0.2, 0.25) is 0 Å². The number of rotatable bonds is 7. The Balaban J connectivity index is 2.04. The number of thioether (sulfide) groups is 1. The van der Waals surface area contributed by atoms with Crippen LogP contribution < -0.4 is 10.1 Å². The highest BCUT2D eigenvalue weighted by Gasteiger charge is 2.10. The molecular formula is C17H20BrNOS. The Kier molecular flexibility index (Phi) is 6.61. The maximum atomic E-state index is 5.58. The van der Waals surface area contributed by atoms with Crippen LogP contribution in [0.5, 0.6) is 5.75 Å². The maximum Gasteiger partial charge on any atom is 0.119 e. The highest BCUT2D eigenvalue weighted by atomic mass is 79.9. The normalized spacial score (nSPS) is 12.1. The van der Waals surface area contributed by atoms with Crippen LogP contribution in [0.15, 0.2) is 57.9 Å². The van der Waals surface area contributed by atoms with Gasteiger partial charge in [0.25, 0.3) is 0 Å². The van der Waals surface area contributed by atoms with Crippen LogP contribution in [-0.2, 0) is 0 Å². The van der Waals surface area contributed by atoms with E-state index < -0.39 is 0 Å². The van der Waals surface area contributed by atoms with Gasteiger partial charge in [0.15, 0.2) is 0 Å². The van der Waals surface area contributed by atoms with Crippen molar-refractivity contribution in [2.75, 3.05) is 19.4 Å². The van der Waals surface area contributed by atoms with E-state index in [0.717, 1.165) is 16.0 Å². The van der Waals surface area contributed by atoms with Crippen LogP contribution in [0, 0.1) is 0 Å². The van der Waals surface area contributed by atoms with E-state index in [1.165, 1.54) is 10.5 Å². The van der Waals surface area contributed by atoms with Crippen LogP contribution in [0.25, 0.3) is 0 Å². The summed E-state index contributed by atoms with van der Waals surface area (Å²) in [6.45, 7) is 2.70. The van der Waals surface area contributed by atoms with Crippen molar-refractivity contribution in [1.29, 1.82) is 0 Å². The van der Waals surface area contributed by atoms with Gasteiger partial charge < -0.3 is 10.1 Å². The Morgan fingerprint density at radius 1 is 1.19 bits per heavy atom. The predicted molar refractivity (Wildman–Crippen MR) is 94.3 cm³/mol. The maximum absolute atomic E-state index is 5.58. The molecule has 1 N–H and O–H groups in total. The second-order valence-electron chi connectivity index (χ2n) is 4.62. The number of hydrogen-bond donors (Lipinski definition) is 1. The zero-order valence-corrected chi connectivity index (χ0v) is 14.7. The van der Waals surface area contributed by atoms with Gasteiger partial charge in [0.2, 0.25) is 0 Å². The molecule has 0 fully saturated rings. The average Bonchev–Trinajstić information content (AvgIpc) is 2.49. The Morgan fingerprint density at radius 3 is 2.71 bits per heavy atom. The lowest BCUT2D eigenvalue weighted by molar-refractivity contribution is 0.339. The summed E-state index contributed by atoms with van der Waals surface area (Å²) in [5.74, 6) is 1.91.